The van der Waals surface area contributed by atoms with Gasteiger partial charge in [0.2, 0.25) is 0 Å². The lowest BCUT2D eigenvalue weighted by molar-refractivity contribution is -0.0498. The summed E-state index contributed by atoms with van der Waals surface area (Å²) in [5.74, 6) is 0.554. The largest absolute Gasteiger partial charge is 0.497 e. The average molecular weight is 364 g/mol. The monoisotopic (exact) mass is 364 g/mol. The Hall–Kier alpha value is -3.16. The zero-order valence-electron chi connectivity index (χ0n) is 14.5. The summed E-state index contributed by atoms with van der Waals surface area (Å²) in [5, 5.41) is 4.02. The van der Waals surface area contributed by atoms with Crippen molar-refractivity contribution in [3.05, 3.63) is 53.6 Å². The summed E-state index contributed by atoms with van der Waals surface area (Å²) in [6.07, 6.45) is 0. The van der Waals surface area contributed by atoms with Gasteiger partial charge in [-0.1, -0.05) is 0 Å². The van der Waals surface area contributed by atoms with Gasteiger partial charge in [0.1, 0.15) is 17.2 Å². The van der Waals surface area contributed by atoms with E-state index < -0.39 is 12.5 Å². The lowest BCUT2D eigenvalue weighted by Gasteiger charge is -2.08. The molecule has 2 rings (SSSR count). The van der Waals surface area contributed by atoms with Gasteiger partial charge >= 0.3 is 6.61 Å². The first-order valence-electron chi connectivity index (χ1n) is 7.56. The highest BCUT2D eigenvalue weighted by Gasteiger charge is 2.10. The quantitative estimate of drug-likeness (QED) is 0.603. The van der Waals surface area contributed by atoms with E-state index in [-0.39, 0.29) is 5.75 Å². The number of nitrogens with one attached hydrogen (secondary N) is 1. The summed E-state index contributed by atoms with van der Waals surface area (Å²) < 4.78 is 38.8. The van der Waals surface area contributed by atoms with Gasteiger partial charge in [0.15, 0.2) is 0 Å². The molecule has 0 heterocycles. The van der Waals surface area contributed by atoms with E-state index in [2.05, 4.69) is 15.3 Å². The van der Waals surface area contributed by atoms with Crippen LogP contribution in [0.2, 0.25) is 0 Å². The molecule has 0 aromatic heterocycles. The molecule has 138 valence electrons. The fourth-order valence-corrected chi connectivity index (χ4v) is 2.08. The average Bonchev–Trinajstić information content (AvgIpc) is 2.65. The standard InChI is InChI=1S/C18H18F2N2O4/c1-11(12-4-6-14(7-5-12)26-18(19)20)21-22-17(23)13-8-15(24-2)10-16(9-13)25-3/h4-10,18H,1-3H3,(H,22,23)/b21-11-. The first-order chi connectivity index (χ1) is 12.4. The van der Waals surface area contributed by atoms with E-state index in [4.69, 9.17) is 9.47 Å². The number of rotatable bonds is 7. The van der Waals surface area contributed by atoms with Crippen LogP contribution in [0.4, 0.5) is 8.78 Å². The van der Waals surface area contributed by atoms with Crippen LogP contribution < -0.4 is 19.6 Å². The van der Waals surface area contributed by atoms with E-state index in [1.807, 2.05) is 0 Å². The second-order valence-electron chi connectivity index (χ2n) is 5.14. The Morgan fingerprint density at radius 1 is 0.962 bits per heavy atom. The molecule has 0 radical (unpaired) electrons. The van der Waals surface area contributed by atoms with Gasteiger partial charge in [-0.05, 0) is 48.9 Å². The van der Waals surface area contributed by atoms with E-state index in [0.717, 1.165) is 0 Å². The number of alkyl halides is 2. The number of nitrogens with zero attached hydrogens (tertiary/aromatic N) is 1. The fourth-order valence-electron chi connectivity index (χ4n) is 2.08. The third-order valence-electron chi connectivity index (χ3n) is 3.44. The van der Waals surface area contributed by atoms with E-state index in [9.17, 15) is 13.6 Å². The lowest BCUT2D eigenvalue weighted by atomic mass is 10.1. The topological polar surface area (TPSA) is 69.2 Å². The fraction of sp³-hybridized carbons (Fsp3) is 0.222. The summed E-state index contributed by atoms with van der Waals surface area (Å²) in [7, 11) is 2.97. The number of methoxy groups -OCH3 is 2. The van der Waals surface area contributed by atoms with Crippen molar-refractivity contribution in [3.8, 4) is 17.2 Å². The van der Waals surface area contributed by atoms with Crippen molar-refractivity contribution < 1.29 is 27.8 Å². The number of halogens is 2. The van der Waals surface area contributed by atoms with E-state index in [1.165, 1.54) is 26.4 Å². The van der Waals surface area contributed by atoms with Gasteiger partial charge in [0.05, 0.1) is 19.9 Å². The third kappa shape index (κ3) is 5.17. The molecule has 0 bridgehead atoms. The molecule has 1 amide bonds. The van der Waals surface area contributed by atoms with Crippen LogP contribution in [0.1, 0.15) is 22.8 Å². The minimum Gasteiger partial charge on any atom is -0.497 e. The van der Waals surface area contributed by atoms with E-state index in [1.54, 1.807) is 37.3 Å². The highest BCUT2D eigenvalue weighted by atomic mass is 19.3. The minimum atomic E-state index is -2.88. The first kappa shape index (κ1) is 19.2. The second kappa shape index (κ2) is 8.80. The van der Waals surface area contributed by atoms with Gasteiger partial charge < -0.3 is 14.2 Å². The molecule has 26 heavy (non-hydrogen) atoms. The summed E-state index contributed by atoms with van der Waals surface area (Å²) >= 11 is 0. The Labute approximate surface area is 149 Å². The lowest BCUT2D eigenvalue weighted by Crippen LogP contribution is -2.19. The molecule has 0 aliphatic heterocycles. The molecule has 2 aromatic carbocycles. The number of hydrazone groups is 1. The van der Waals surface area contributed by atoms with Crippen LogP contribution in [-0.2, 0) is 0 Å². The molecule has 0 aliphatic rings. The zero-order chi connectivity index (χ0) is 19.1. The van der Waals surface area contributed by atoms with Crippen LogP contribution >= 0.6 is 0 Å². The smallest absolute Gasteiger partial charge is 0.387 e. The Morgan fingerprint density at radius 2 is 1.54 bits per heavy atom. The predicted octanol–water partition coefficient (Wildman–Crippen LogP) is 3.46. The van der Waals surface area contributed by atoms with E-state index >= 15 is 0 Å². The zero-order valence-corrected chi connectivity index (χ0v) is 14.5. The van der Waals surface area contributed by atoms with Crippen molar-refractivity contribution in [1.29, 1.82) is 0 Å². The number of hydrogen-bond donors (Lipinski definition) is 1. The number of amides is 1. The molecular weight excluding hydrogens is 346 g/mol. The van der Waals surface area contributed by atoms with Gasteiger partial charge in [0, 0.05) is 11.6 Å². The van der Waals surface area contributed by atoms with Crippen molar-refractivity contribution >= 4 is 11.6 Å². The highest BCUT2D eigenvalue weighted by Crippen LogP contribution is 2.22. The molecule has 2 aromatic rings. The normalized spacial score (nSPS) is 11.2. The number of carbonyl (C=O) groups excluding carboxylic acids is 1. The SMILES string of the molecule is COc1cc(OC)cc(C(=O)N/N=C(/C)c2ccc(OC(F)F)cc2)c1. The van der Waals surface area contributed by atoms with Crippen molar-refractivity contribution in [3.63, 3.8) is 0 Å². The Balaban J connectivity index is 2.09. The van der Waals surface area contributed by atoms with Gasteiger partial charge in [-0.3, -0.25) is 4.79 Å². The maximum absolute atomic E-state index is 12.3. The molecule has 0 aliphatic carbocycles. The van der Waals surface area contributed by atoms with Crippen molar-refractivity contribution in [1.82, 2.24) is 5.43 Å². The van der Waals surface area contributed by atoms with Crippen LogP contribution in [0.25, 0.3) is 0 Å². The van der Waals surface area contributed by atoms with Crippen LogP contribution in [0.5, 0.6) is 17.2 Å². The van der Waals surface area contributed by atoms with Gasteiger partial charge in [0.25, 0.3) is 5.91 Å². The third-order valence-corrected chi connectivity index (χ3v) is 3.44. The summed E-state index contributed by atoms with van der Waals surface area (Å²) in [6.45, 7) is -1.20. The number of ether oxygens (including phenoxy) is 3. The second-order valence-corrected chi connectivity index (χ2v) is 5.14. The number of benzene rings is 2. The van der Waals surface area contributed by atoms with Crippen molar-refractivity contribution in [2.45, 2.75) is 13.5 Å². The number of carbonyl (C=O) groups is 1. The van der Waals surface area contributed by atoms with Crippen LogP contribution in [0.15, 0.2) is 47.6 Å². The van der Waals surface area contributed by atoms with Gasteiger partial charge in [-0.25, -0.2) is 5.43 Å². The summed E-state index contributed by atoms with van der Waals surface area (Å²) in [6, 6.07) is 10.7. The molecule has 1 N–H and O–H groups in total. The molecular formula is C18H18F2N2O4. The maximum atomic E-state index is 12.3. The minimum absolute atomic E-state index is 0.0454. The predicted molar refractivity (Wildman–Crippen MR) is 92.3 cm³/mol. The Kier molecular flexibility index (Phi) is 6.48. The molecule has 0 saturated carbocycles. The molecule has 0 saturated heterocycles. The summed E-state index contributed by atoms with van der Waals surface area (Å²) in [4.78, 5) is 12.3. The van der Waals surface area contributed by atoms with Gasteiger partial charge in [-0.2, -0.15) is 13.9 Å². The molecule has 0 unspecified atom stereocenters. The molecule has 0 fully saturated rings. The van der Waals surface area contributed by atoms with Crippen LogP contribution in [0, 0.1) is 0 Å². The first-order valence-corrected chi connectivity index (χ1v) is 7.56. The van der Waals surface area contributed by atoms with Crippen LogP contribution in [-0.4, -0.2) is 32.4 Å². The molecule has 6 nitrogen and oxygen atoms in total. The summed E-state index contributed by atoms with van der Waals surface area (Å²) in [5.41, 5.74) is 3.90. The Morgan fingerprint density at radius 3 is 2.04 bits per heavy atom. The Bertz CT molecular complexity index is 770. The van der Waals surface area contributed by atoms with Gasteiger partial charge in [-0.15, -0.1) is 0 Å². The molecule has 0 atom stereocenters. The van der Waals surface area contributed by atoms with Crippen molar-refractivity contribution in [2.24, 2.45) is 5.10 Å². The highest BCUT2D eigenvalue weighted by molar-refractivity contribution is 6.01. The van der Waals surface area contributed by atoms with Crippen LogP contribution in [0.3, 0.4) is 0 Å². The molecule has 8 heteroatoms. The maximum Gasteiger partial charge on any atom is 0.387 e. The van der Waals surface area contributed by atoms with E-state index in [0.29, 0.717) is 28.3 Å². The number of hydrogen-bond acceptors (Lipinski definition) is 5. The molecule has 0 spiro atoms. The van der Waals surface area contributed by atoms with Crippen molar-refractivity contribution in [2.75, 3.05) is 14.2 Å².